The Kier molecular flexibility index (Phi) is 1.59. The van der Waals surface area contributed by atoms with Crippen molar-refractivity contribution in [1.29, 1.82) is 5.26 Å². The molecule has 4 nitrogen and oxygen atoms in total. The van der Waals surface area contributed by atoms with Gasteiger partial charge in [-0.2, -0.15) is 5.26 Å². The molecule has 0 saturated heterocycles. The van der Waals surface area contributed by atoms with Gasteiger partial charge in [-0.25, -0.2) is 4.79 Å². The van der Waals surface area contributed by atoms with Gasteiger partial charge < -0.3 is 4.98 Å². The van der Waals surface area contributed by atoms with Crippen molar-refractivity contribution in [2.45, 2.75) is 13.5 Å². The number of aromatic amines is 1. The van der Waals surface area contributed by atoms with Crippen molar-refractivity contribution in [3.63, 3.8) is 0 Å². The van der Waals surface area contributed by atoms with Crippen LogP contribution < -0.4 is 5.69 Å². The third-order valence-corrected chi connectivity index (χ3v) is 1.30. The number of H-pyrrole nitrogens is 1. The molecule has 0 atom stereocenters. The molecule has 0 spiro atoms. The number of hydrogen-bond acceptors (Lipinski definition) is 2. The first-order valence-corrected chi connectivity index (χ1v) is 2.87. The van der Waals surface area contributed by atoms with Gasteiger partial charge in [0.05, 0.1) is 6.07 Å². The van der Waals surface area contributed by atoms with E-state index in [1.165, 1.54) is 4.57 Å². The monoisotopic (exact) mass is 137 g/mol. The number of aryl methyl sites for hydroxylation is 1. The lowest BCUT2D eigenvalue weighted by molar-refractivity contribution is 0.764. The van der Waals surface area contributed by atoms with Crippen LogP contribution in [0.3, 0.4) is 0 Å². The fourth-order valence-electron chi connectivity index (χ4n) is 0.749. The molecule has 1 N–H and O–H groups in total. The van der Waals surface area contributed by atoms with Crippen LogP contribution in [0.15, 0.2) is 11.0 Å². The fourth-order valence-corrected chi connectivity index (χ4v) is 0.749. The molecule has 1 aromatic rings. The van der Waals surface area contributed by atoms with Crippen LogP contribution in [-0.2, 0) is 6.54 Å². The van der Waals surface area contributed by atoms with Gasteiger partial charge in [-0.15, -0.1) is 0 Å². The maximum atomic E-state index is 10.8. The van der Waals surface area contributed by atoms with Gasteiger partial charge in [0.15, 0.2) is 0 Å². The number of aromatic nitrogens is 2. The maximum absolute atomic E-state index is 10.8. The highest BCUT2D eigenvalue weighted by molar-refractivity contribution is 4.96. The Morgan fingerprint density at radius 2 is 2.60 bits per heavy atom. The molecular formula is C6H7N3O. The van der Waals surface area contributed by atoms with Crippen LogP contribution in [-0.4, -0.2) is 9.55 Å². The van der Waals surface area contributed by atoms with E-state index in [0.717, 1.165) is 5.69 Å². The number of hydrogen-bond donors (Lipinski definition) is 1. The molecule has 0 aliphatic rings. The summed E-state index contributed by atoms with van der Waals surface area (Å²) in [5.74, 6) is 0. The Morgan fingerprint density at radius 3 is 3.00 bits per heavy atom. The first kappa shape index (κ1) is 6.62. The van der Waals surface area contributed by atoms with E-state index in [9.17, 15) is 4.79 Å². The van der Waals surface area contributed by atoms with Gasteiger partial charge in [0.1, 0.15) is 6.54 Å². The fraction of sp³-hybridized carbons (Fsp3) is 0.333. The van der Waals surface area contributed by atoms with E-state index in [-0.39, 0.29) is 12.2 Å². The van der Waals surface area contributed by atoms with Crippen molar-refractivity contribution in [1.82, 2.24) is 9.55 Å². The summed E-state index contributed by atoms with van der Waals surface area (Å²) < 4.78 is 1.38. The van der Waals surface area contributed by atoms with Gasteiger partial charge in [-0.1, -0.05) is 0 Å². The molecule has 0 bridgehead atoms. The molecule has 0 amide bonds. The molecule has 1 aromatic heterocycles. The van der Waals surface area contributed by atoms with E-state index >= 15 is 0 Å². The number of nitrogens with zero attached hydrogens (tertiary/aromatic N) is 2. The molecule has 0 unspecified atom stereocenters. The van der Waals surface area contributed by atoms with Crippen LogP contribution in [0.1, 0.15) is 5.69 Å². The standard InChI is InChI=1S/C6H7N3O/c1-5-4-8-6(10)9(5)3-2-7/h4H,3H2,1H3,(H,8,10). The van der Waals surface area contributed by atoms with Crippen LogP contribution in [0.4, 0.5) is 0 Å². The third-order valence-electron chi connectivity index (χ3n) is 1.30. The topological polar surface area (TPSA) is 61.6 Å². The SMILES string of the molecule is Cc1c[nH]c(=O)n1CC#N. The second-order valence-electron chi connectivity index (χ2n) is 1.98. The third kappa shape index (κ3) is 0.935. The van der Waals surface area contributed by atoms with Crippen LogP contribution >= 0.6 is 0 Å². The molecule has 52 valence electrons. The first-order chi connectivity index (χ1) is 4.75. The van der Waals surface area contributed by atoms with Crippen LogP contribution in [0.25, 0.3) is 0 Å². The van der Waals surface area contributed by atoms with Crippen molar-refractivity contribution in [2.24, 2.45) is 0 Å². The van der Waals surface area contributed by atoms with Gasteiger partial charge in [-0.05, 0) is 6.92 Å². The Hall–Kier alpha value is -1.50. The summed E-state index contributed by atoms with van der Waals surface area (Å²) in [6.07, 6.45) is 1.58. The summed E-state index contributed by atoms with van der Waals surface area (Å²) in [4.78, 5) is 13.3. The zero-order valence-electron chi connectivity index (χ0n) is 5.59. The number of imidazole rings is 1. The second kappa shape index (κ2) is 2.40. The molecule has 4 heteroatoms. The van der Waals surface area contributed by atoms with Crippen molar-refractivity contribution >= 4 is 0 Å². The van der Waals surface area contributed by atoms with E-state index in [0.29, 0.717) is 0 Å². The highest BCUT2D eigenvalue weighted by Crippen LogP contribution is 1.88. The van der Waals surface area contributed by atoms with E-state index in [1.54, 1.807) is 13.1 Å². The van der Waals surface area contributed by atoms with Crippen molar-refractivity contribution < 1.29 is 0 Å². The van der Waals surface area contributed by atoms with E-state index in [1.807, 2.05) is 6.07 Å². The van der Waals surface area contributed by atoms with Crippen LogP contribution in [0.5, 0.6) is 0 Å². The normalized spacial score (nSPS) is 9.20. The van der Waals surface area contributed by atoms with Crippen molar-refractivity contribution in [3.05, 3.63) is 22.4 Å². The summed E-state index contributed by atoms with van der Waals surface area (Å²) in [6.45, 7) is 1.89. The average molecular weight is 137 g/mol. The zero-order valence-corrected chi connectivity index (χ0v) is 5.59. The van der Waals surface area contributed by atoms with Crippen LogP contribution in [0.2, 0.25) is 0 Å². The lowest BCUT2D eigenvalue weighted by Gasteiger charge is -1.92. The molecule has 0 aromatic carbocycles. The van der Waals surface area contributed by atoms with Gasteiger partial charge in [0.2, 0.25) is 0 Å². The molecular weight excluding hydrogens is 130 g/mol. The molecule has 0 fully saturated rings. The Morgan fingerprint density at radius 1 is 1.90 bits per heavy atom. The summed E-state index contributed by atoms with van der Waals surface area (Å²) in [5, 5.41) is 8.26. The Bertz CT molecular complexity index is 314. The van der Waals surface area contributed by atoms with E-state index in [4.69, 9.17) is 5.26 Å². The molecule has 0 aliphatic heterocycles. The van der Waals surface area contributed by atoms with Gasteiger partial charge in [-0.3, -0.25) is 4.57 Å². The largest absolute Gasteiger partial charge is 0.326 e. The highest BCUT2D eigenvalue weighted by Gasteiger charge is 1.98. The molecule has 0 aliphatic carbocycles. The smallest absolute Gasteiger partial charge is 0.312 e. The quantitative estimate of drug-likeness (QED) is 0.592. The molecule has 1 heterocycles. The summed E-state index contributed by atoms with van der Waals surface area (Å²) in [7, 11) is 0. The molecule has 0 saturated carbocycles. The minimum Gasteiger partial charge on any atom is -0.312 e. The lowest BCUT2D eigenvalue weighted by atomic mass is 10.5. The predicted octanol–water partition coefficient (Wildman–Crippen LogP) is 0.00840. The summed E-state index contributed by atoms with van der Waals surface area (Å²) in [6, 6.07) is 1.89. The predicted molar refractivity (Wildman–Crippen MR) is 35.4 cm³/mol. The Labute approximate surface area is 57.7 Å². The average Bonchev–Trinajstić information content (AvgIpc) is 2.20. The summed E-state index contributed by atoms with van der Waals surface area (Å²) in [5.41, 5.74) is 0.561. The highest BCUT2D eigenvalue weighted by atomic mass is 16.1. The first-order valence-electron chi connectivity index (χ1n) is 2.87. The maximum Gasteiger partial charge on any atom is 0.326 e. The van der Waals surface area contributed by atoms with E-state index in [2.05, 4.69) is 4.98 Å². The lowest BCUT2D eigenvalue weighted by Crippen LogP contribution is -2.16. The molecule has 1 rings (SSSR count). The molecule has 10 heavy (non-hydrogen) atoms. The van der Waals surface area contributed by atoms with Crippen molar-refractivity contribution in [3.8, 4) is 6.07 Å². The number of nitrogens with one attached hydrogen (secondary N) is 1. The van der Waals surface area contributed by atoms with Gasteiger partial charge in [0, 0.05) is 11.9 Å². The number of nitriles is 1. The summed E-state index contributed by atoms with van der Waals surface area (Å²) >= 11 is 0. The number of rotatable bonds is 1. The van der Waals surface area contributed by atoms with Gasteiger partial charge in [0.25, 0.3) is 0 Å². The minimum atomic E-state index is -0.223. The van der Waals surface area contributed by atoms with E-state index < -0.39 is 0 Å². The Balaban J connectivity index is 3.13. The van der Waals surface area contributed by atoms with Gasteiger partial charge >= 0.3 is 5.69 Å². The minimum absolute atomic E-state index is 0.119. The zero-order chi connectivity index (χ0) is 7.56. The second-order valence-corrected chi connectivity index (χ2v) is 1.98. The molecule has 0 radical (unpaired) electrons. The van der Waals surface area contributed by atoms with Crippen molar-refractivity contribution in [2.75, 3.05) is 0 Å². The van der Waals surface area contributed by atoms with Crippen LogP contribution in [0, 0.1) is 18.3 Å².